The van der Waals surface area contributed by atoms with Crippen LogP contribution in [-0.4, -0.2) is 17.8 Å². The number of alkyl halides is 1. The van der Waals surface area contributed by atoms with Gasteiger partial charge in [-0.05, 0) is 35.8 Å². The number of para-hydroxylation sites is 1. The average molecular weight is 338 g/mol. The van der Waals surface area contributed by atoms with Crippen LogP contribution in [0.3, 0.4) is 0 Å². The van der Waals surface area contributed by atoms with Gasteiger partial charge in [0.1, 0.15) is 0 Å². The third kappa shape index (κ3) is 3.43. The van der Waals surface area contributed by atoms with Crippen LogP contribution in [0.2, 0.25) is 0 Å². The van der Waals surface area contributed by atoms with E-state index in [0.29, 0.717) is 12.3 Å². The monoisotopic (exact) mass is 337 g/mol. The molecule has 2 rings (SSSR count). The summed E-state index contributed by atoms with van der Waals surface area (Å²) >= 11 is 3.62. The largest absolute Gasteiger partial charge is 0.312 e. The first kappa shape index (κ1) is 15.6. The first-order valence-corrected chi connectivity index (χ1v) is 8.50. The van der Waals surface area contributed by atoms with Gasteiger partial charge in [0, 0.05) is 24.0 Å². The van der Waals surface area contributed by atoms with Crippen LogP contribution in [-0.2, 0) is 11.2 Å². The van der Waals surface area contributed by atoms with E-state index in [9.17, 15) is 4.79 Å². The van der Waals surface area contributed by atoms with Gasteiger partial charge in [0.05, 0.1) is 0 Å². The van der Waals surface area contributed by atoms with Crippen molar-refractivity contribution >= 4 is 27.5 Å². The fraction of sp³-hybridized carbons (Fsp3) is 0.588. The third-order valence-corrected chi connectivity index (χ3v) is 5.02. The number of anilines is 1. The summed E-state index contributed by atoms with van der Waals surface area (Å²) in [5, 5.41) is 0.919. The standard InChI is InChI=1S/C17H24BrNO/c1-17(2,3)14(11-18)12-19-15-9-5-4-7-13(15)8-6-10-16(19)20/h4-5,7,9,14H,6,8,10-12H2,1-3H3. The number of hydrogen-bond acceptors (Lipinski definition) is 1. The summed E-state index contributed by atoms with van der Waals surface area (Å²) in [6, 6.07) is 8.34. The summed E-state index contributed by atoms with van der Waals surface area (Å²) in [6.45, 7) is 7.53. The molecule has 1 atom stereocenters. The van der Waals surface area contributed by atoms with Gasteiger partial charge in [-0.2, -0.15) is 0 Å². The van der Waals surface area contributed by atoms with Gasteiger partial charge >= 0.3 is 0 Å². The summed E-state index contributed by atoms with van der Waals surface area (Å²) < 4.78 is 0. The first-order valence-electron chi connectivity index (χ1n) is 7.37. The molecule has 2 nitrogen and oxygen atoms in total. The van der Waals surface area contributed by atoms with Crippen LogP contribution in [0.1, 0.15) is 39.2 Å². The smallest absolute Gasteiger partial charge is 0.227 e. The summed E-state index contributed by atoms with van der Waals surface area (Å²) in [5.41, 5.74) is 2.61. The van der Waals surface area contributed by atoms with Crippen LogP contribution in [0.15, 0.2) is 24.3 Å². The molecule has 1 aromatic rings. The Kier molecular flexibility index (Phi) is 4.90. The molecule has 0 radical (unpaired) electrons. The predicted octanol–water partition coefficient (Wildman–Crippen LogP) is 4.41. The van der Waals surface area contributed by atoms with Crippen molar-refractivity contribution in [3.05, 3.63) is 29.8 Å². The van der Waals surface area contributed by atoms with Crippen molar-refractivity contribution in [3.63, 3.8) is 0 Å². The Bertz CT molecular complexity index is 478. The number of benzene rings is 1. The van der Waals surface area contributed by atoms with Gasteiger partial charge in [-0.25, -0.2) is 0 Å². The Morgan fingerprint density at radius 2 is 1.95 bits per heavy atom. The lowest BCUT2D eigenvalue weighted by atomic mass is 9.81. The summed E-state index contributed by atoms with van der Waals surface area (Å²) in [5.74, 6) is 0.711. The van der Waals surface area contributed by atoms with Crippen molar-refractivity contribution in [2.24, 2.45) is 11.3 Å². The quantitative estimate of drug-likeness (QED) is 0.748. The highest BCUT2D eigenvalue weighted by atomic mass is 79.9. The van der Waals surface area contributed by atoms with Gasteiger partial charge in [-0.3, -0.25) is 4.79 Å². The second-order valence-electron chi connectivity index (χ2n) is 6.70. The fourth-order valence-electron chi connectivity index (χ4n) is 2.66. The summed E-state index contributed by atoms with van der Waals surface area (Å²) in [7, 11) is 0. The Hall–Kier alpha value is -0.830. The highest BCUT2D eigenvalue weighted by Crippen LogP contribution is 2.33. The highest BCUT2D eigenvalue weighted by Gasteiger charge is 2.30. The molecule has 1 aromatic carbocycles. The van der Waals surface area contributed by atoms with E-state index >= 15 is 0 Å². The van der Waals surface area contributed by atoms with Crippen molar-refractivity contribution < 1.29 is 4.79 Å². The van der Waals surface area contributed by atoms with E-state index < -0.39 is 0 Å². The molecular formula is C17H24BrNO. The lowest BCUT2D eigenvalue weighted by molar-refractivity contribution is -0.118. The van der Waals surface area contributed by atoms with Crippen LogP contribution in [0, 0.1) is 11.3 Å². The Labute approximate surface area is 130 Å². The predicted molar refractivity (Wildman–Crippen MR) is 88.5 cm³/mol. The number of carbonyl (C=O) groups is 1. The third-order valence-electron chi connectivity index (χ3n) is 4.23. The zero-order valence-corrected chi connectivity index (χ0v) is 14.2. The molecule has 1 aliphatic rings. The van der Waals surface area contributed by atoms with E-state index in [4.69, 9.17) is 0 Å². The van der Waals surface area contributed by atoms with Crippen molar-refractivity contribution in [3.8, 4) is 0 Å². The van der Waals surface area contributed by atoms with Gasteiger partial charge in [0.15, 0.2) is 0 Å². The molecule has 0 fully saturated rings. The minimum absolute atomic E-state index is 0.186. The number of rotatable bonds is 3. The van der Waals surface area contributed by atoms with Gasteiger partial charge in [0.2, 0.25) is 5.91 Å². The number of hydrogen-bond donors (Lipinski definition) is 0. The molecule has 1 unspecified atom stereocenters. The molecule has 0 saturated carbocycles. The molecule has 3 heteroatoms. The molecule has 0 N–H and O–H groups in total. The molecule has 0 aliphatic carbocycles. The normalized spacial score (nSPS) is 17.6. The maximum absolute atomic E-state index is 12.5. The number of halogens is 1. The lowest BCUT2D eigenvalue weighted by Gasteiger charge is -2.34. The van der Waals surface area contributed by atoms with Crippen molar-refractivity contribution in [1.29, 1.82) is 0 Å². The fourth-order valence-corrected chi connectivity index (χ4v) is 3.84. The van der Waals surface area contributed by atoms with Gasteiger partial charge in [-0.1, -0.05) is 54.9 Å². The number of nitrogens with zero attached hydrogens (tertiary/aromatic N) is 1. The van der Waals surface area contributed by atoms with Gasteiger partial charge in [0.25, 0.3) is 0 Å². The van der Waals surface area contributed by atoms with Crippen LogP contribution in [0.4, 0.5) is 5.69 Å². The Morgan fingerprint density at radius 1 is 1.25 bits per heavy atom. The topological polar surface area (TPSA) is 20.3 Å². The zero-order chi connectivity index (χ0) is 14.8. The number of amides is 1. The van der Waals surface area contributed by atoms with Crippen molar-refractivity contribution in [2.45, 2.75) is 40.0 Å². The van der Waals surface area contributed by atoms with E-state index in [-0.39, 0.29) is 11.3 Å². The first-order chi connectivity index (χ1) is 9.43. The van der Waals surface area contributed by atoms with Gasteiger partial charge < -0.3 is 4.90 Å². The molecule has 0 bridgehead atoms. The number of aryl methyl sites for hydroxylation is 1. The molecular weight excluding hydrogens is 314 g/mol. The average Bonchev–Trinajstić information content (AvgIpc) is 2.54. The van der Waals surface area contributed by atoms with E-state index in [2.05, 4.69) is 54.9 Å². The summed E-state index contributed by atoms with van der Waals surface area (Å²) in [4.78, 5) is 14.5. The van der Waals surface area contributed by atoms with E-state index in [1.807, 2.05) is 11.0 Å². The molecule has 0 saturated heterocycles. The maximum Gasteiger partial charge on any atom is 0.227 e. The molecule has 0 spiro atoms. The summed E-state index contributed by atoms with van der Waals surface area (Å²) in [6.07, 6.45) is 2.63. The highest BCUT2D eigenvalue weighted by molar-refractivity contribution is 9.09. The van der Waals surface area contributed by atoms with Crippen molar-refractivity contribution in [1.82, 2.24) is 0 Å². The molecule has 1 amide bonds. The molecule has 110 valence electrons. The SMILES string of the molecule is CC(C)(C)C(CBr)CN1C(=O)CCCc2ccccc21. The molecule has 1 heterocycles. The van der Waals surface area contributed by atoms with E-state index in [1.165, 1.54) is 5.56 Å². The zero-order valence-electron chi connectivity index (χ0n) is 12.7. The second kappa shape index (κ2) is 6.30. The van der Waals surface area contributed by atoms with Gasteiger partial charge in [-0.15, -0.1) is 0 Å². The van der Waals surface area contributed by atoms with Crippen LogP contribution >= 0.6 is 15.9 Å². The van der Waals surface area contributed by atoms with Crippen LogP contribution < -0.4 is 4.90 Å². The second-order valence-corrected chi connectivity index (χ2v) is 7.35. The molecule has 20 heavy (non-hydrogen) atoms. The minimum Gasteiger partial charge on any atom is -0.312 e. The van der Waals surface area contributed by atoms with E-state index in [0.717, 1.165) is 30.4 Å². The lowest BCUT2D eigenvalue weighted by Crippen LogP contribution is -2.40. The number of carbonyl (C=O) groups excluding carboxylic acids is 1. The molecule has 0 aromatic heterocycles. The van der Waals surface area contributed by atoms with Crippen LogP contribution in [0.25, 0.3) is 0 Å². The maximum atomic E-state index is 12.5. The van der Waals surface area contributed by atoms with E-state index in [1.54, 1.807) is 0 Å². The molecule has 1 aliphatic heterocycles. The van der Waals surface area contributed by atoms with Crippen LogP contribution in [0.5, 0.6) is 0 Å². The van der Waals surface area contributed by atoms with Crippen molar-refractivity contribution in [2.75, 3.05) is 16.8 Å². The Balaban J connectivity index is 2.31. The minimum atomic E-state index is 0.186. The number of fused-ring (bicyclic) bond motifs is 1. The Morgan fingerprint density at radius 3 is 2.60 bits per heavy atom.